The monoisotopic (exact) mass is 418 g/mol. The number of nitrogens with zero attached hydrogens (tertiary/aromatic N) is 7. The van der Waals surface area contributed by atoms with Gasteiger partial charge in [-0.05, 0) is 45.1 Å². The lowest BCUT2D eigenvalue weighted by atomic mass is 10.0. The Morgan fingerprint density at radius 3 is 2.65 bits per heavy atom. The number of likely N-dealkylation sites (tertiary alicyclic amines) is 1. The largest absolute Gasteiger partial charge is 0.494 e. The van der Waals surface area contributed by atoms with Crippen LogP contribution in [0, 0.1) is 11.3 Å². The van der Waals surface area contributed by atoms with Crippen molar-refractivity contribution in [2.75, 3.05) is 44.5 Å². The van der Waals surface area contributed by atoms with E-state index in [0.717, 1.165) is 43.1 Å². The van der Waals surface area contributed by atoms with Crippen molar-refractivity contribution in [3.05, 3.63) is 48.8 Å². The minimum atomic E-state index is 0.270. The zero-order chi connectivity index (χ0) is 21.8. The Hall–Kier alpha value is -3.64. The van der Waals surface area contributed by atoms with Crippen LogP contribution in [0.4, 0.5) is 17.3 Å². The second kappa shape index (κ2) is 9.02. The van der Waals surface area contributed by atoms with E-state index in [1.165, 1.54) is 12.4 Å². The molecule has 160 valence electrons. The van der Waals surface area contributed by atoms with E-state index in [1.807, 2.05) is 22.9 Å². The van der Waals surface area contributed by atoms with Crippen molar-refractivity contribution in [3.63, 3.8) is 0 Å². The molecule has 2 aromatic heterocycles. The third-order valence-electron chi connectivity index (χ3n) is 5.69. The number of benzene rings is 1. The minimum absolute atomic E-state index is 0.270. The Bertz CT molecular complexity index is 1060. The molecule has 0 bridgehead atoms. The molecule has 0 unspecified atom stereocenters. The van der Waals surface area contributed by atoms with Gasteiger partial charge in [-0.25, -0.2) is 15.0 Å². The molecule has 1 N–H and O–H groups in total. The summed E-state index contributed by atoms with van der Waals surface area (Å²) < 4.78 is 7.59. The van der Waals surface area contributed by atoms with Gasteiger partial charge in [0.25, 0.3) is 0 Å². The predicted molar refractivity (Wildman–Crippen MR) is 119 cm³/mol. The van der Waals surface area contributed by atoms with Crippen LogP contribution in [0.25, 0.3) is 5.69 Å². The summed E-state index contributed by atoms with van der Waals surface area (Å²) in [5.74, 6) is 1.92. The molecule has 3 heterocycles. The standard InChI is InChI=1S/C22H26N8O/c1-28-8-6-17(7-9-28)29(2)18-4-5-19(20(10-18)31-3)30-14-22(26-15-30)27-21-13-24-16(11-23)12-25-21/h4-5,10,12-15,17H,6-9H2,1-3H3,(H,25,27). The second-order valence-corrected chi connectivity index (χ2v) is 7.69. The van der Waals surface area contributed by atoms with Crippen molar-refractivity contribution < 1.29 is 4.74 Å². The summed E-state index contributed by atoms with van der Waals surface area (Å²) in [4.78, 5) is 17.3. The maximum atomic E-state index is 8.83. The lowest BCUT2D eigenvalue weighted by Crippen LogP contribution is -2.41. The Morgan fingerprint density at radius 2 is 1.97 bits per heavy atom. The number of hydrogen-bond donors (Lipinski definition) is 1. The lowest BCUT2D eigenvalue weighted by molar-refractivity contribution is 0.253. The van der Waals surface area contributed by atoms with Gasteiger partial charge < -0.3 is 24.4 Å². The van der Waals surface area contributed by atoms with E-state index in [1.54, 1.807) is 13.4 Å². The molecule has 1 aliphatic heterocycles. The smallest absolute Gasteiger partial charge is 0.158 e. The van der Waals surface area contributed by atoms with Crippen LogP contribution < -0.4 is 15.0 Å². The fraction of sp³-hybridized carbons (Fsp3) is 0.364. The fourth-order valence-electron chi connectivity index (χ4n) is 3.79. The first-order chi connectivity index (χ1) is 15.1. The summed E-state index contributed by atoms with van der Waals surface area (Å²) in [5, 5.41) is 11.9. The van der Waals surface area contributed by atoms with Crippen molar-refractivity contribution >= 4 is 17.3 Å². The third kappa shape index (κ3) is 4.59. The minimum Gasteiger partial charge on any atom is -0.494 e. The van der Waals surface area contributed by atoms with Gasteiger partial charge in [0.05, 0.1) is 31.4 Å². The molecule has 1 aromatic carbocycles. The Balaban J connectivity index is 1.51. The topological polar surface area (TPSA) is 95.1 Å². The van der Waals surface area contributed by atoms with Gasteiger partial charge in [-0.1, -0.05) is 0 Å². The van der Waals surface area contributed by atoms with Gasteiger partial charge in [0.1, 0.15) is 29.8 Å². The number of nitriles is 1. The molecular formula is C22H26N8O. The number of piperidine rings is 1. The predicted octanol–water partition coefficient (Wildman–Crippen LogP) is 2.82. The van der Waals surface area contributed by atoms with Crippen LogP contribution in [0.2, 0.25) is 0 Å². The lowest BCUT2D eigenvalue weighted by Gasteiger charge is -2.36. The van der Waals surface area contributed by atoms with E-state index in [9.17, 15) is 0 Å². The number of imidazole rings is 1. The molecule has 1 saturated heterocycles. The van der Waals surface area contributed by atoms with Crippen LogP contribution in [0.3, 0.4) is 0 Å². The Labute approximate surface area is 181 Å². The van der Waals surface area contributed by atoms with Gasteiger partial charge in [-0.3, -0.25) is 0 Å². The summed E-state index contributed by atoms with van der Waals surface area (Å²) >= 11 is 0. The summed E-state index contributed by atoms with van der Waals surface area (Å²) in [6.45, 7) is 2.25. The molecule has 0 aliphatic carbocycles. The molecule has 0 amide bonds. The molecule has 0 spiro atoms. The molecule has 9 nitrogen and oxygen atoms in total. The molecule has 4 rings (SSSR count). The molecular weight excluding hydrogens is 392 g/mol. The molecule has 31 heavy (non-hydrogen) atoms. The highest BCUT2D eigenvalue weighted by molar-refractivity contribution is 5.60. The normalized spacial score (nSPS) is 14.8. The highest BCUT2D eigenvalue weighted by Gasteiger charge is 2.21. The summed E-state index contributed by atoms with van der Waals surface area (Å²) in [5.41, 5.74) is 2.31. The number of rotatable bonds is 6. The number of methoxy groups -OCH3 is 1. The first-order valence-electron chi connectivity index (χ1n) is 10.2. The zero-order valence-electron chi connectivity index (χ0n) is 18.0. The highest BCUT2D eigenvalue weighted by Crippen LogP contribution is 2.31. The summed E-state index contributed by atoms with van der Waals surface area (Å²) in [6.07, 6.45) is 8.82. The number of aromatic nitrogens is 4. The molecule has 1 aliphatic rings. The third-order valence-corrected chi connectivity index (χ3v) is 5.69. The van der Waals surface area contributed by atoms with E-state index in [4.69, 9.17) is 10.00 Å². The van der Waals surface area contributed by atoms with Crippen LogP contribution in [0.1, 0.15) is 18.5 Å². The second-order valence-electron chi connectivity index (χ2n) is 7.69. The fourth-order valence-corrected chi connectivity index (χ4v) is 3.79. The van der Waals surface area contributed by atoms with E-state index in [2.05, 4.69) is 56.3 Å². The maximum absolute atomic E-state index is 8.83. The van der Waals surface area contributed by atoms with Crippen molar-refractivity contribution in [3.8, 4) is 17.5 Å². The number of ether oxygens (including phenoxy) is 1. The van der Waals surface area contributed by atoms with Crippen LogP contribution in [-0.4, -0.2) is 64.8 Å². The average molecular weight is 419 g/mol. The van der Waals surface area contributed by atoms with Gasteiger partial charge in [0, 0.05) is 24.8 Å². The van der Waals surface area contributed by atoms with Crippen LogP contribution in [-0.2, 0) is 0 Å². The van der Waals surface area contributed by atoms with E-state index < -0.39 is 0 Å². The van der Waals surface area contributed by atoms with Gasteiger partial charge in [0.2, 0.25) is 0 Å². The average Bonchev–Trinajstić information content (AvgIpc) is 3.27. The molecule has 0 radical (unpaired) electrons. The molecule has 3 aromatic rings. The summed E-state index contributed by atoms with van der Waals surface area (Å²) in [6, 6.07) is 8.73. The number of nitrogens with one attached hydrogen (secondary N) is 1. The van der Waals surface area contributed by atoms with E-state index in [-0.39, 0.29) is 5.69 Å². The highest BCUT2D eigenvalue weighted by atomic mass is 16.5. The zero-order valence-corrected chi connectivity index (χ0v) is 18.0. The first kappa shape index (κ1) is 20.6. The van der Waals surface area contributed by atoms with E-state index in [0.29, 0.717) is 17.7 Å². The first-order valence-corrected chi connectivity index (χ1v) is 10.2. The summed E-state index contributed by atoms with van der Waals surface area (Å²) in [7, 11) is 6.01. The van der Waals surface area contributed by atoms with E-state index >= 15 is 0 Å². The Kier molecular flexibility index (Phi) is 6.00. The van der Waals surface area contributed by atoms with Crippen molar-refractivity contribution in [2.24, 2.45) is 0 Å². The number of hydrogen-bond acceptors (Lipinski definition) is 8. The molecule has 9 heteroatoms. The number of anilines is 3. The van der Waals surface area contributed by atoms with Crippen LogP contribution in [0.5, 0.6) is 5.75 Å². The van der Waals surface area contributed by atoms with Crippen LogP contribution in [0.15, 0.2) is 43.1 Å². The van der Waals surface area contributed by atoms with Gasteiger partial charge >= 0.3 is 0 Å². The van der Waals surface area contributed by atoms with Crippen molar-refractivity contribution in [2.45, 2.75) is 18.9 Å². The van der Waals surface area contributed by atoms with Crippen molar-refractivity contribution in [1.82, 2.24) is 24.4 Å². The van der Waals surface area contributed by atoms with Gasteiger partial charge in [0.15, 0.2) is 5.69 Å². The van der Waals surface area contributed by atoms with Gasteiger partial charge in [-0.15, -0.1) is 0 Å². The molecule has 1 fully saturated rings. The van der Waals surface area contributed by atoms with Crippen LogP contribution >= 0.6 is 0 Å². The Morgan fingerprint density at radius 1 is 1.16 bits per heavy atom. The van der Waals surface area contributed by atoms with Gasteiger partial charge in [-0.2, -0.15) is 5.26 Å². The molecule has 0 saturated carbocycles. The molecule has 0 atom stereocenters. The quantitative estimate of drug-likeness (QED) is 0.653. The SMILES string of the molecule is COc1cc(N(C)C2CCN(C)CC2)ccc1-n1cnc(Nc2cnc(C#N)cn2)c1. The maximum Gasteiger partial charge on any atom is 0.158 e. The van der Waals surface area contributed by atoms with Crippen molar-refractivity contribution in [1.29, 1.82) is 5.26 Å².